The molecule has 120 valence electrons. The molecule has 2 heterocycles. The van der Waals surface area contributed by atoms with Crippen molar-refractivity contribution in [2.45, 2.75) is 57.2 Å². The van der Waals surface area contributed by atoms with Crippen LogP contribution < -0.4 is 10.1 Å². The van der Waals surface area contributed by atoms with E-state index in [1.54, 1.807) is 0 Å². The van der Waals surface area contributed by atoms with Crippen molar-refractivity contribution in [2.24, 2.45) is 0 Å². The van der Waals surface area contributed by atoms with Gasteiger partial charge in [0.1, 0.15) is 11.4 Å². The standard InChI is InChI=1S/C20H24N2O/c1-15-7-8-17-18(22-14-16-6-2-5-11-21-16)13-20(9-3-4-10-20)23-19(17)12-15/h2,5-8,11-12,18,22H,3-4,9-10,13-14H2,1H3. The number of hydrogen-bond acceptors (Lipinski definition) is 3. The van der Waals surface area contributed by atoms with Gasteiger partial charge in [0, 0.05) is 30.8 Å². The van der Waals surface area contributed by atoms with E-state index < -0.39 is 0 Å². The highest BCUT2D eigenvalue weighted by atomic mass is 16.5. The van der Waals surface area contributed by atoms with Crippen LogP contribution in [0.25, 0.3) is 0 Å². The summed E-state index contributed by atoms with van der Waals surface area (Å²) >= 11 is 0. The van der Waals surface area contributed by atoms with Crippen molar-refractivity contribution >= 4 is 0 Å². The molecule has 1 aliphatic carbocycles. The Morgan fingerprint density at radius 2 is 2.09 bits per heavy atom. The number of hydrogen-bond donors (Lipinski definition) is 1. The normalized spacial score (nSPS) is 21.9. The van der Waals surface area contributed by atoms with Crippen molar-refractivity contribution in [1.29, 1.82) is 0 Å². The van der Waals surface area contributed by atoms with E-state index in [0.29, 0.717) is 6.04 Å². The number of pyridine rings is 1. The molecular formula is C20H24N2O. The molecule has 1 fully saturated rings. The highest BCUT2D eigenvalue weighted by Gasteiger charge is 2.42. The van der Waals surface area contributed by atoms with Crippen molar-refractivity contribution < 1.29 is 4.74 Å². The molecule has 0 amide bonds. The van der Waals surface area contributed by atoms with Gasteiger partial charge in [0.2, 0.25) is 0 Å². The van der Waals surface area contributed by atoms with Crippen LogP contribution in [-0.4, -0.2) is 10.6 Å². The molecule has 0 bridgehead atoms. The molecular weight excluding hydrogens is 284 g/mol. The molecule has 0 radical (unpaired) electrons. The number of aryl methyl sites for hydroxylation is 1. The van der Waals surface area contributed by atoms with Gasteiger partial charge in [0.05, 0.1) is 5.69 Å². The molecule has 3 nitrogen and oxygen atoms in total. The first kappa shape index (κ1) is 14.7. The van der Waals surface area contributed by atoms with E-state index in [2.05, 4.69) is 41.5 Å². The van der Waals surface area contributed by atoms with Crippen LogP contribution in [0.2, 0.25) is 0 Å². The van der Waals surface area contributed by atoms with Crippen LogP contribution in [0.3, 0.4) is 0 Å². The average molecular weight is 308 g/mol. The highest BCUT2D eigenvalue weighted by molar-refractivity contribution is 5.42. The highest BCUT2D eigenvalue weighted by Crippen LogP contribution is 2.47. The number of ether oxygens (including phenoxy) is 1. The third kappa shape index (κ3) is 2.98. The van der Waals surface area contributed by atoms with Gasteiger partial charge in [-0.2, -0.15) is 0 Å². The zero-order valence-electron chi connectivity index (χ0n) is 13.7. The maximum atomic E-state index is 6.49. The second kappa shape index (κ2) is 5.97. The van der Waals surface area contributed by atoms with Crippen LogP contribution in [0.15, 0.2) is 42.6 Å². The fourth-order valence-corrected chi connectivity index (χ4v) is 4.01. The molecule has 2 aliphatic rings. The van der Waals surface area contributed by atoms with E-state index in [1.807, 2.05) is 18.3 Å². The minimum atomic E-state index is 0.0442. The summed E-state index contributed by atoms with van der Waals surface area (Å²) in [6.45, 7) is 2.94. The van der Waals surface area contributed by atoms with Crippen molar-refractivity contribution in [3.63, 3.8) is 0 Å². The predicted molar refractivity (Wildman–Crippen MR) is 91.4 cm³/mol. The zero-order valence-corrected chi connectivity index (χ0v) is 13.7. The van der Waals surface area contributed by atoms with E-state index in [0.717, 1.165) is 24.4 Å². The van der Waals surface area contributed by atoms with Gasteiger partial charge in [0.15, 0.2) is 0 Å². The van der Waals surface area contributed by atoms with E-state index in [9.17, 15) is 0 Å². The van der Waals surface area contributed by atoms with Gasteiger partial charge in [-0.25, -0.2) is 0 Å². The second-order valence-corrected chi connectivity index (χ2v) is 6.99. The van der Waals surface area contributed by atoms with Gasteiger partial charge >= 0.3 is 0 Å². The molecule has 2 aromatic rings. The van der Waals surface area contributed by atoms with Crippen LogP contribution in [0.4, 0.5) is 0 Å². The third-order valence-electron chi connectivity index (χ3n) is 5.22. The lowest BCUT2D eigenvalue weighted by atomic mass is 9.85. The van der Waals surface area contributed by atoms with Gasteiger partial charge in [0.25, 0.3) is 0 Å². The summed E-state index contributed by atoms with van der Waals surface area (Å²) < 4.78 is 6.49. The minimum absolute atomic E-state index is 0.0442. The first-order valence-electron chi connectivity index (χ1n) is 8.67. The summed E-state index contributed by atoms with van der Waals surface area (Å²) in [5.41, 5.74) is 3.70. The first-order chi connectivity index (χ1) is 11.2. The summed E-state index contributed by atoms with van der Waals surface area (Å²) in [6, 6.07) is 13.0. The molecule has 1 unspecified atom stereocenters. The Balaban J connectivity index is 1.59. The Kier molecular flexibility index (Phi) is 3.82. The Morgan fingerprint density at radius 3 is 2.87 bits per heavy atom. The lowest BCUT2D eigenvalue weighted by molar-refractivity contribution is 0.0363. The van der Waals surface area contributed by atoms with Gasteiger partial charge in [-0.15, -0.1) is 0 Å². The Bertz CT molecular complexity index is 677. The fraction of sp³-hybridized carbons (Fsp3) is 0.450. The maximum Gasteiger partial charge on any atom is 0.125 e. The lowest BCUT2D eigenvalue weighted by Crippen LogP contribution is -2.42. The van der Waals surface area contributed by atoms with Crippen LogP contribution >= 0.6 is 0 Å². The molecule has 1 aromatic heterocycles. The molecule has 4 rings (SSSR count). The molecule has 0 saturated heterocycles. The van der Waals surface area contributed by atoms with Crippen molar-refractivity contribution in [2.75, 3.05) is 0 Å². The van der Waals surface area contributed by atoms with E-state index >= 15 is 0 Å². The molecule has 1 aliphatic heterocycles. The Morgan fingerprint density at radius 1 is 1.22 bits per heavy atom. The third-order valence-corrected chi connectivity index (χ3v) is 5.22. The van der Waals surface area contributed by atoms with Crippen LogP contribution in [0.5, 0.6) is 5.75 Å². The van der Waals surface area contributed by atoms with Crippen molar-refractivity contribution in [1.82, 2.24) is 10.3 Å². The smallest absolute Gasteiger partial charge is 0.125 e. The summed E-state index contributed by atoms with van der Waals surface area (Å²) in [7, 11) is 0. The zero-order chi connectivity index (χ0) is 15.7. The van der Waals surface area contributed by atoms with Gasteiger partial charge in [-0.1, -0.05) is 18.2 Å². The molecule has 23 heavy (non-hydrogen) atoms. The van der Waals surface area contributed by atoms with E-state index in [1.165, 1.54) is 36.8 Å². The van der Waals surface area contributed by atoms with Crippen LogP contribution in [0, 0.1) is 6.92 Å². The average Bonchev–Trinajstić information content (AvgIpc) is 3.00. The van der Waals surface area contributed by atoms with E-state index in [4.69, 9.17) is 4.74 Å². The predicted octanol–water partition coefficient (Wildman–Crippen LogP) is 4.32. The van der Waals surface area contributed by atoms with Gasteiger partial charge in [-0.05, 0) is 56.4 Å². The van der Waals surface area contributed by atoms with Gasteiger partial charge < -0.3 is 10.1 Å². The van der Waals surface area contributed by atoms with Gasteiger partial charge in [-0.3, -0.25) is 4.98 Å². The number of benzene rings is 1. The van der Waals surface area contributed by atoms with Crippen LogP contribution in [-0.2, 0) is 6.54 Å². The summed E-state index contributed by atoms with van der Waals surface area (Å²) in [5.74, 6) is 1.08. The SMILES string of the molecule is Cc1ccc2c(c1)OC1(CCCC1)CC2NCc1ccccn1. The topological polar surface area (TPSA) is 34.1 Å². The second-order valence-electron chi connectivity index (χ2n) is 6.99. The summed E-state index contributed by atoms with van der Waals surface area (Å²) in [4.78, 5) is 4.43. The number of fused-ring (bicyclic) bond motifs is 1. The van der Waals surface area contributed by atoms with Crippen molar-refractivity contribution in [3.05, 3.63) is 59.4 Å². The Labute approximate surface area is 138 Å². The first-order valence-corrected chi connectivity index (χ1v) is 8.67. The minimum Gasteiger partial charge on any atom is -0.487 e. The molecule has 1 aromatic carbocycles. The summed E-state index contributed by atoms with van der Waals surface area (Å²) in [5, 5.41) is 3.72. The van der Waals surface area contributed by atoms with Crippen LogP contribution in [0.1, 0.15) is 55.0 Å². The quantitative estimate of drug-likeness (QED) is 0.917. The molecule has 3 heteroatoms. The molecule has 1 atom stereocenters. The number of aromatic nitrogens is 1. The van der Waals surface area contributed by atoms with Crippen molar-refractivity contribution in [3.8, 4) is 5.75 Å². The molecule has 1 spiro atoms. The largest absolute Gasteiger partial charge is 0.487 e. The summed E-state index contributed by atoms with van der Waals surface area (Å²) in [6.07, 6.45) is 7.86. The Hall–Kier alpha value is -1.87. The number of nitrogens with one attached hydrogen (secondary N) is 1. The van der Waals surface area contributed by atoms with E-state index in [-0.39, 0.29) is 5.60 Å². The number of nitrogens with zero attached hydrogens (tertiary/aromatic N) is 1. The maximum absolute atomic E-state index is 6.49. The fourth-order valence-electron chi connectivity index (χ4n) is 4.01. The molecule has 1 saturated carbocycles. The number of rotatable bonds is 3. The molecule has 1 N–H and O–H groups in total. The monoisotopic (exact) mass is 308 g/mol. The lowest BCUT2D eigenvalue weighted by Gasteiger charge is -2.40.